The lowest BCUT2D eigenvalue weighted by atomic mass is 9.93. The van der Waals surface area contributed by atoms with Gasteiger partial charge in [0.05, 0.1) is 5.54 Å². The van der Waals surface area contributed by atoms with E-state index in [1.807, 2.05) is 6.92 Å². The molecule has 0 aliphatic carbocycles. The molecular weight excluding hydrogens is 250 g/mol. The Morgan fingerprint density at radius 1 is 1.35 bits per heavy atom. The van der Waals surface area contributed by atoms with Crippen LogP contribution in [0.15, 0.2) is 0 Å². The average molecular weight is 283 g/mol. The van der Waals surface area contributed by atoms with Crippen molar-refractivity contribution in [2.75, 3.05) is 19.6 Å². The highest BCUT2D eigenvalue weighted by atomic mass is 16.1. The molecule has 1 aliphatic rings. The van der Waals surface area contributed by atoms with Crippen LogP contribution in [0.3, 0.4) is 0 Å². The normalized spacial score (nSPS) is 23.4. The standard InChI is InChI=1S/C16H33N3O/c1-4-8-14-9-6-7-12-19(14)13-10-16(3,15(17)20)18-11-5-2/h14,18H,4-13H2,1-3H3,(H2,17,20). The van der Waals surface area contributed by atoms with Gasteiger partial charge in [0.1, 0.15) is 0 Å². The van der Waals surface area contributed by atoms with Crippen LogP contribution in [0.4, 0.5) is 0 Å². The van der Waals surface area contributed by atoms with Crippen molar-refractivity contribution < 1.29 is 4.79 Å². The lowest BCUT2D eigenvalue weighted by Crippen LogP contribution is -2.55. The van der Waals surface area contributed by atoms with Gasteiger partial charge < -0.3 is 16.0 Å². The topological polar surface area (TPSA) is 58.4 Å². The predicted octanol–water partition coefficient (Wildman–Crippen LogP) is 2.27. The number of likely N-dealkylation sites (tertiary alicyclic amines) is 1. The first-order valence-electron chi connectivity index (χ1n) is 8.32. The molecule has 0 aromatic rings. The average Bonchev–Trinajstić information content (AvgIpc) is 2.44. The second-order valence-corrected chi connectivity index (χ2v) is 6.35. The molecule has 20 heavy (non-hydrogen) atoms. The Labute approximate surface area is 124 Å². The van der Waals surface area contributed by atoms with E-state index < -0.39 is 5.54 Å². The number of hydrogen-bond donors (Lipinski definition) is 2. The summed E-state index contributed by atoms with van der Waals surface area (Å²) in [5.41, 5.74) is 5.04. The minimum Gasteiger partial charge on any atom is -0.368 e. The Balaban J connectivity index is 2.54. The fraction of sp³-hybridized carbons (Fsp3) is 0.938. The van der Waals surface area contributed by atoms with Gasteiger partial charge in [-0.05, 0) is 52.1 Å². The van der Waals surface area contributed by atoms with Crippen molar-refractivity contribution in [3.05, 3.63) is 0 Å². The van der Waals surface area contributed by atoms with E-state index in [0.29, 0.717) is 6.04 Å². The second-order valence-electron chi connectivity index (χ2n) is 6.35. The molecule has 1 rings (SSSR count). The van der Waals surface area contributed by atoms with Gasteiger partial charge in [0.25, 0.3) is 0 Å². The number of primary amides is 1. The highest BCUT2D eigenvalue weighted by Gasteiger charge is 2.32. The number of nitrogens with one attached hydrogen (secondary N) is 1. The number of amides is 1. The highest BCUT2D eigenvalue weighted by Crippen LogP contribution is 2.22. The summed E-state index contributed by atoms with van der Waals surface area (Å²) in [6, 6.07) is 0.706. The van der Waals surface area contributed by atoms with E-state index >= 15 is 0 Å². The Bertz CT molecular complexity index is 293. The maximum absolute atomic E-state index is 11.7. The summed E-state index contributed by atoms with van der Waals surface area (Å²) in [6.45, 7) is 9.30. The molecule has 0 aromatic heterocycles. The summed E-state index contributed by atoms with van der Waals surface area (Å²) in [7, 11) is 0. The van der Waals surface area contributed by atoms with Crippen LogP contribution in [0.5, 0.6) is 0 Å². The maximum Gasteiger partial charge on any atom is 0.237 e. The lowest BCUT2D eigenvalue weighted by molar-refractivity contribution is -0.124. The zero-order chi connectivity index (χ0) is 15.0. The van der Waals surface area contributed by atoms with Crippen LogP contribution in [0.2, 0.25) is 0 Å². The molecule has 0 radical (unpaired) electrons. The first-order chi connectivity index (χ1) is 9.53. The van der Waals surface area contributed by atoms with Crippen LogP contribution in [-0.4, -0.2) is 42.0 Å². The molecule has 1 heterocycles. The van der Waals surface area contributed by atoms with E-state index in [9.17, 15) is 4.79 Å². The number of hydrogen-bond acceptors (Lipinski definition) is 3. The second kappa shape index (κ2) is 8.63. The molecule has 1 amide bonds. The highest BCUT2D eigenvalue weighted by molar-refractivity contribution is 5.84. The van der Waals surface area contributed by atoms with Gasteiger partial charge in [-0.3, -0.25) is 4.79 Å². The van der Waals surface area contributed by atoms with Gasteiger partial charge in [-0.1, -0.05) is 26.7 Å². The van der Waals surface area contributed by atoms with Gasteiger partial charge in [0, 0.05) is 12.6 Å². The van der Waals surface area contributed by atoms with Crippen molar-refractivity contribution in [1.82, 2.24) is 10.2 Å². The van der Waals surface area contributed by atoms with Crippen LogP contribution in [0, 0.1) is 0 Å². The summed E-state index contributed by atoms with van der Waals surface area (Å²) < 4.78 is 0. The minimum atomic E-state index is -0.565. The summed E-state index contributed by atoms with van der Waals surface area (Å²) in [5.74, 6) is -0.227. The van der Waals surface area contributed by atoms with Gasteiger partial charge in [0.2, 0.25) is 5.91 Å². The molecular formula is C16H33N3O. The van der Waals surface area contributed by atoms with Gasteiger partial charge >= 0.3 is 0 Å². The SMILES string of the molecule is CCCNC(C)(CCN1CCCCC1CCC)C(N)=O. The molecule has 1 aliphatic heterocycles. The Kier molecular flexibility index (Phi) is 7.52. The fourth-order valence-corrected chi connectivity index (χ4v) is 3.08. The molecule has 2 unspecified atom stereocenters. The van der Waals surface area contributed by atoms with Crippen LogP contribution < -0.4 is 11.1 Å². The molecule has 2 atom stereocenters. The third-order valence-corrected chi connectivity index (χ3v) is 4.58. The van der Waals surface area contributed by atoms with E-state index in [-0.39, 0.29) is 5.91 Å². The number of rotatable bonds is 9. The zero-order valence-corrected chi connectivity index (χ0v) is 13.6. The van der Waals surface area contributed by atoms with E-state index in [1.54, 1.807) is 0 Å². The van der Waals surface area contributed by atoms with Crippen molar-refractivity contribution >= 4 is 5.91 Å². The van der Waals surface area contributed by atoms with Gasteiger partial charge in [-0.2, -0.15) is 0 Å². The largest absolute Gasteiger partial charge is 0.368 e. The molecule has 0 aromatic carbocycles. The fourth-order valence-electron chi connectivity index (χ4n) is 3.08. The first-order valence-corrected chi connectivity index (χ1v) is 8.32. The molecule has 118 valence electrons. The van der Waals surface area contributed by atoms with Crippen LogP contribution >= 0.6 is 0 Å². The number of nitrogens with zero attached hydrogens (tertiary/aromatic N) is 1. The van der Waals surface area contributed by atoms with Crippen LogP contribution in [0.1, 0.15) is 65.7 Å². The Hall–Kier alpha value is -0.610. The Morgan fingerprint density at radius 2 is 2.10 bits per heavy atom. The van der Waals surface area contributed by atoms with E-state index in [4.69, 9.17) is 5.73 Å². The van der Waals surface area contributed by atoms with Crippen molar-refractivity contribution in [1.29, 1.82) is 0 Å². The van der Waals surface area contributed by atoms with Crippen LogP contribution in [0.25, 0.3) is 0 Å². The summed E-state index contributed by atoms with van der Waals surface area (Å²) in [5, 5.41) is 3.33. The molecule has 0 bridgehead atoms. The molecule has 3 N–H and O–H groups in total. The smallest absolute Gasteiger partial charge is 0.237 e. The maximum atomic E-state index is 11.7. The Morgan fingerprint density at radius 3 is 2.70 bits per heavy atom. The predicted molar refractivity (Wildman–Crippen MR) is 84.6 cm³/mol. The number of carbonyl (C=O) groups is 1. The summed E-state index contributed by atoms with van der Waals surface area (Å²) >= 11 is 0. The summed E-state index contributed by atoms with van der Waals surface area (Å²) in [6.07, 6.45) is 8.29. The third-order valence-electron chi connectivity index (χ3n) is 4.58. The van der Waals surface area contributed by atoms with Gasteiger partial charge in [0.15, 0.2) is 0 Å². The molecule has 1 fully saturated rings. The molecule has 4 heteroatoms. The number of carbonyl (C=O) groups excluding carboxylic acids is 1. The number of piperidine rings is 1. The van der Waals surface area contributed by atoms with Crippen molar-refractivity contribution in [3.63, 3.8) is 0 Å². The monoisotopic (exact) mass is 283 g/mol. The third kappa shape index (κ3) is 5.06. The van der Waals surface area contributed by atoms with Gasteiger partial charge in [-0.25, -0.2) is 0 Å². The molecule has 0 spiro atoms. The number of nitrogens with two attached hydrogens (primary N) is 1. The van der Waals surface area contributed by atoms with Crippen LogP contribution in [-0.2, 0) is 4.79 Å². The molecule has 1 saturated heterocycles. The van der Waals surface area contributed by atoms with Crippen molar-refractivity contribution in [3.8, 4) is 0 Å². The van der Waals surface area contributed by atoms with E-state index in [0.717, 1.165) is 25.9 Å². The first kappa shape index (κ1) is 17.4. The minimum absolute atomic E-state index is 0.227. The lowest BCUT2D eigenvalue weighted by Gasteiger charge is -2.38. The van der Waals surface area contributed by atoms with Gasteiger partial charge in [-0.15, -0.1) is 0 Å². The molecule has 0 saturated carbocycles. The summed E-state index contributed by atoms with van der Waals surface area (Å²) in [4.78, 5) is 14.3. The quantitative estimate of drug-likeness (QED) is 0.682. The van der Waals surface area contributed by atoms with E-state index in [1.165, 1.54) is 38.6 Å². The van der Waals surface area contributed by atoms with E-state index in [2.05, 4.69) is 24.1 Å². The zero-order valence-electron chi connectivity index (χ0n) is 13.6. The van der Waals surface area contributed by atoms with Crippen molar-refractivity contribution in [2.45, 2.75) is 77.3 Å². The molecule has 4 nitrogen and oxygen atoms in total. The van der Waals surface area contributed by atoms with Crippen molar-refractivity contribution in [2.24, 2.45) is 5.73 Å².